The molecule has 2 saturated heterocycles. The first-order valence-electron chi connectivity index (χ1n) is 19.5. The van der Waals surface area contributed by atoms with Gasteiger partial charge in [-0.2, -0.15) is 9.61 Å². The summed E-state index contributed by atoms with van der Waals surface area (Å²) in [4.78, 5) is 27.8. The molecule has 1 amide bonds. The fraction of sp³-hybridized carbons (Fsp3) is 0.561. The summed E-state index contributed by atoms with van der Waals surface area (Å²) >= 11 is 4.09. The van der Waals surface area contributed by atoms with Crippen LogP contribution in [0.25, 0.3) is 28.0 Å². The highest BCUT2D eigenvalue weighted by Crippen LogP contribution is 2.47. The summed E-state index contributed by atoms with van der Waals surface area (Å²) in [5, 5.41) is 4.98. The Morgan fingerprint density at radius 2 is 1.48 bits per heavy atom. The number of amides is 1. The lowest BCUT2D eigenvalue weighted by Crippen LogP contribution is -2.48. The van der Waals surface area contributed by atoms with Crippen LogP contribution in [-0.2, 0) is 14.2 Å². The molecule has 1 aromatic carbocycles. The van der Waals surface area contributed by atoms with Crippen LogP contribution in [0.3, 0.4) is 0 Å². The minimum absolute atomic E-state index is 0.0991. The molecule has 2 fully saturated rings. The second kappa shape index (κ2) is 16.6. The van der Waals surface area contributed by atoms with E-state index < -0.39 is 21.7 Å². The van der Waals surface area contributed by atoms with Gasteiger partial charge in [0.2, 0.25) is 0 Å². The maximum atomic E-state index is 13.4. The Hall–Kier alpha value is -3.11. The average molecular weight is 836 g/mol. The SMILES string of the molecule is CC(C)(C)OC(=O)N1[C@@H]2CC[C@H]1C[C@H](c1nc3c(-c4ccc(-c5ccccc5)nc4)cnn3c(N(COCC[Si](C)(C)C)COCC[Si](C)(C)C)c1Br)C2. The van der Waals surface area contributed by atoms with Crippen molar-refractivity contribution in [3.8, 4) is 22.4 Å². The molecule has 0 spiro atoms. The lowest BCUT2D eigenvalue weighted by molar-refractivity contribution is 0.00566. The van der Waals surface area contributed by atoms with E-state index in [2.05, 4.69) is 84.4 Å². The standard InChI is InChI=1S/C41H59BrN6O4Si2/c1-41(2,3)52-40(49)47-32-16-17-33(47)24-31(23-32)37-36(42)39(46(27-50-19-21-53(4,5)6)28-51-20-22-54(7,8)9)48-38(45-37)34(26-44-48)30-15-18-35(43-25-30)29-13-11-10-12-14-29/h10-15,18,25-26,31-33H,16-17,19-24,27-28H2,1-9H3/t31-,32-,33+. The van der Waals surface area contributed by atoms with Crippen molar-refractivity contribution in [3.63, 3.8) is 0 Å². The molecular weight excluding hydrogens is 777 g/mol. The molecule has 6 rings (SSSR count). The van der Waals surface area contributed by atoms with E-state index in [1.165, 1.54) is 0 Å². The second-order valence-electron chi connectivity index (χ2n) is 18.4. The Morgan fingerprint density at radius 1 is 0.870 bits per heavy atom. The number of hydrogen-bond donors (Lipinski definition) is 0. The minimum Gasteiger partial charge on any atom is -0.444 e. The van der Waals surface area contributed by atoms with Gasteiger partial charge in [0.05, 0.1) is 22.1 Å². The monoisotopic (exact) mass is 834 g/mol. The summed E-state index contributed by atoms with van der Waals surface area (Å²) in [6, 6.07) is 16.7. The Morgan fingerprint density at radius 3 is 2.02 bits per heavy atom. The van der Waals surface area contributed by atoms with Crippen LogP contribution in [0.1, 0.15) is 58.1 Å². The predicted molar refractivity (Wildman–Crippen MR) is 227 cm³/mol. The molecule has 2 bridgehead atoms. The molecule has 0 N–H and O–H groups in total. The van der Waals surface area contributed by atoms with Gasteiger partial charge in [-0.15, -0.1) is 0 Å². The van der Waals surface area contributed by atoms with Gasteiger partial charge >= 0.3 is 6.09 Å². The molecule has 0 saturated carbocycles. The molecule has 2 aliphatic heterocycles. The molecule has 0 unspecified atom stereocenters. The third-order valence-corrected chi connectivity index (χ3v) is 14.4. The van der Waals surface area contributed by atoms with Gasteiger partial charge in [0, 0.05) is 70.3 Å². The van der Waals surface area contributed by atoms with E-state index in [1.54, 1.807) is 0 Å². The largest absolute Gasteiger partial charge is 0.444 e. The smallest absolute Gasteiger partial charge is 0.410 e. The topological polar surface area (TPSA) is 94.3 Å². The van der Waals surface area contributed by atoms with E-state index >= 15 is 0 Å². The van der Waals surface area contributed by atoms with Crippen molar-refractivity contribution in [2.24, 2.45) is 0 Å². The van der Waals surface area contributed by atoms with Crippen LogP contribution >= 0.6 is 15.9 Å². The molecular formula is C41H59BrN6O4Si2. The highest BCUT2D eigenvalue weighted by atomic mass is 79.9. The molecule has 5 heterocycles. The number of nitrogens with zero attached hydrogens (tertiary/aromatic N) is 6. The van der Waals surface area contributed by atoms with Gasteiger partial charge in [-0.05, 0) is 80.5 Å². The third kappa shape index (κ3) is 10.0. The van der Waals surface area contributed by atoms with E-state index in [0.717, 1.165) is 81.8 Å². The summed E-state index contributed by atoms with van der Waals surface area (Å²) in [6.45, 7) is 22.1. The zero-order valence-corrected chi connectivity index (χ0v) is 37.3. The van der Waals surface area contributed by atoms with E-state index in [1.807, 2.05) is 60.8 Å². The van der Waals surface area contributed by atoms with Gasteiger partial charge in [-0.25, -0.2) is 9.78 Å². The molecule has 0 aliphatic carbocycles. The van der Waals surface area contributed by atoms with E-state index in [-0.39, 0.29) is 24.1 Å². The number of carbonyl (C=O) groups is 1. The number of halogens is 1. The van der Waals surface area contributed by atoms with Crippen molar-refractivity contribution in [3.05, 3.63) is 65.0 Å². The molecule has 2 aliphatic rings. The van der Waals surface area contributed by atoms with E-state index in [0.29, 0.717) is 26.7 Å². The number of anilines is 1. The van der Waals surface area contributed by atoms with Crippen LogP contribution in [0.15, 0.2) is 59.3 Å². The highest BCUT2D eigenvalue weighted by Gasteiger charge is 2.46. The average Bonchev–Trinajstić information content (AvgIpc) is 3.63. The number of pyridine rings is 1. The number of aromatic nitrogens is 4. The number of carbonyl (C=O) groups excluding carboxylic acids is 1. The minimum atomic E-state index is -1.29. The van der Waals surface area contributed by atoms with Crippen LogP contribution < -0.4 is 4.90 Å². The number of hydrogen-bond acceptors (Lipinski definition) is 8. The van der Waals surface area contributed by atoms with Gasteiger partial charge in [-0.3, -0.25) is 4.98 Å². The summed E-state index contributed by atoms with van der Waals surface area (Å²) in [6.07, 6.45) is 7.16. The highest BCUT2D eigenvalue weighted by molar-refractivity contribution is 9.10. The molecule has 10 nitrogen and oxygen atoms in total. The lowest BCUT2D eigenvalue weighted by Gasteiger charge is -2.39. The number of piperidine rings is 1. The molecule has 54 heavy (non-hydrogen) atoms. The summed E-state index contributed by atoms with van der Waals surface area (Å²) < 4.78 is 21.5. The summed E-state index contributed by atoms with van der Waals surface area (Å²) in [5.41, 5.74) is 5.03. The normalized spacial score (nSPS) is 19.1. The van der Waals surface area contributed by atoms with Crippen molar-refractivity contribution < 1.29 is 19.0 Å². The van der Waals surface area contributed by atoms with Gasteiger partial charge in [0.1, 0.15) is 19.1 Å². The van der Waals surface area contributed by atoms with Crippen molar-refractivity contribution in [2.75, 3.05) is 31.6 Å². The third-order valence-electron chi connectivity index (χ3n) is 10.2. The van der Waals surface area contributed by atoms with Gasteiger partial charge in [0.15, 0.2) is 11.5 Å². The Labute approximate surface area is 332 Å². The Kier molecular flexibility index (Phi) is 12.4. The van der Waals surface area contributed by atoms with Crippen LogP contribution in [0.5, 0.6) is 0 Å². The zero-order chi connectivity index (χ0) is 38.8. The van der Waals surface area contributed by atoms with Gasteiger partial charge < -0.3 is 24.0 Å². The van der Waals surface area contributed by atoms with Crippen molar-refractivity contribution in [1.82, 2.24) is 24.5 Å². The molecule has 13 heteroatoms. The number of fused-ring (bicyclic) bond motifs is 3. The molecule has 3 atom stereocenters. The zero-order valence-electron chi connectivity index (χ0n) is 33.7. The second-order valence-corrected chi connectivity index (χ2v) is 30.4. The van der Waals surface area contributed by atoms with Crippen LogP contribution in [0, 0.1) is 0 Å². The van der Waals surface area contributed by atoms with Crippen molar-refractivity contribution in [2.45, 2.75) is 121 Å². The first kappa shape index (κ1) is 40.6. The molecule has 4 aromatic rings. The van der Waals surface area contributed by atoms with Crippen LogP contribution in [0.2, 0.25) is 51.4 Å². The van der Waals surface area contributed by atoms with Crippen LogP contribution in [-0.4, -0.2) is 91.1 Å². The number of ether oxygens (including phenoxy) is 3. The summed E-state index contributed by atoms with van der Waals surface area (Å²) in [7, 11) is -2.58. The van der Waals surface area contributed by atoms with E-state index in [9.17, 15) is 4.79 Å². The Balaban J connectivity index is 1.40. The Bertz CT molecular complexity index is 1850. The fourth-order valence-corrected chi connectivity index (χ4v) is 9.68. The van der Waals surface area contributed by atoms with Gasteiger partial charge in [-0.1, -0.05) is 75.7 Å². The van der Waals surface area contributed by atoms with Crippen LogP contribution in [0.4, 0.5) is 10.6 Å². The van der Waals surface area contributed by atoms with Gasteiger partial charge in [0.25, 0.3) is 0 Å². The van der Waals surface area contributed by atoms with Crippen molar-refractivity contribution >= 4 is 49.6 Å². The molecule has 292 valence electrons. The lowest BCUT2D eigenvalue weighted by atomic mass is 9.88. The number of benzene rings is 1. The predicted octanol–water partition coefficient (Wildman–Crippen LogP) is 10.3. The molecule has 0 radical (unpaired) electrons. The first-order chi connectivity index (χ1) is 25.5. The van der Waals surface area contributed by atoms with E-state index in [4.69, 9.17) is 29.3 Å². The summed E-state index contributed by atoms with van der Waals surface area (Å²) in [5.74, 6) is 0.987. The fourth-order valence-electron chi connectivity index (χ4n) is 7.33. The maximum absolute atomic E-state index is 13.4. The quantitative estimate of drug-likeness (QED) is 0.0704. The number of rotatable bonds is 14. The first-order valence-corrected chi connectivity index (χ1v) is 27.7. The van der Waals surface area contributed by atoms with Crippen molar-refractivity contribution in [1.29, 1.82) is 0 Å². The molecule has 3 aromatic heterocycles. The maximum Gasteiger partial charge on any atom is 0.410 e.